The van der Waals surface area contributed by atoms with Crippen molar-refractivity contribution in [3.8, 4) is 5.69 Å². The first-order valence-electron chi connectivity index (χ1n) is 10.3. The number of amides is 1. The van der Waals surface area contributed by atoms with Crippen LogP contribution in [0, 0.1) is 5.95 Å². The first-order chi connectivity index (χ1) is 15.7. The lowest BCUT2D eigenvalue weighted by Gasteiger charge is -2.10. The molecule has 1 amide bonds. The molecule has 0 spiro atoms. The highest BCUT2D eigenvalue weighted by atomic mass is 19.4. The van der Waals surface area contributed by atoms with E-state index in [1.165, 1.54) is 6.07 Å². The minimum absolute atomic E-state index is 0.0763. The molecule has 2 aromatic heterocycles. The minimum atomic E-state index is -4.62. The summed E-state index contributed by atoms with van der Waals surface area (Å²) in [4.78, 5) is 15.4. The van der Waals surface area contributed by atoms with Crippen molar-refractivity contribution in [3.05, 3.63) is 88.6 Å². The lowest BCUT2D eigenvalue weighted by atomic mass is 10.0. The van der Waals surface area contributed by atoms with Crippen LogP contribution in [0.2, 0.25) is 0 Å². The van der Waals surface area contributed by atoms with Crippen LogP contribution in [0.1, 0.15) is 51.6 Å². The molecule has 9 heteroatoms. The molecule has 168 valence electrons. The van der Waals surface area contributed by atoms with Gasteiger partial charge in [0.2, 0.25) is 11.9 Å². The van der Waals surface area contributed by atoms with Gasteiger partial charge in [0.15, 0.2) is 5.69 Å². The Labute approximate surface area is 185 Å². The number of pyridine rings is 1. The van der Waals surface area contributed by atoms with Crippen LogP contribution in [0.5, 0.6) is 0 Å². The maximum absolute atomic E-state index is 14.8. The van der Waals surface area contributed by atoms with Gasteiger partial charge in [0.1, 0.15) is 5.69 Å². The highest BCUT2D eigenvalue weighted by Crippen LogP contribution is 2.43. The van der Waals surface area contributed by atoms with E-state index in [2.05, 4.69) is 10.1 Å². The summed E-state index contributed by atoms with van der Waals surface area (Å²) in [6.45, 7) is 0. The summed E-state index contributed by atoms with van der Waals surface area (Å²) in [5.74, 6) is -1.49. The fourth-order valence-corrected chi connectivity index (χ4v) is 3.92. The number of nitrogens with two attached hydrogens (primary N) is 1. The molecule has 2 N–H and O–H groups in total. The number of aromatic nitrogens is 3. The quantitative estimate of drug-likeness (QED) is 0.335. The second kappa shape index (κ2) is 7.68. The molecule has 4 aromatic rings. The van der Waals surface area contributed by atoms with E-state index in [0.717, 1.165) is 34.7 Å². The summed E-state index contributed by atoms with van der Waals surface area (Å²) in [5.41, 5.74) is 7.00. The molecule has 0 bridgehead atoms. The number of primary amides is 1. The number of carbonyl (C=O) groups excluding carboxylic acids is 1. The second-order valence-electron chi connectivity index (χ2n) is 8.21. The molecule has 1 saturated carbocycles. The Hall–Kier alpha value is -3.75. The Balaban J connectivity index is 1.55. The number of nitrogens with zero attached hydrogens (tertiary/aromatic N) is 3. The van der Waals surface area contributed by atoms with Crippen molar-refractivity contribution >= 4 is 16.8 Å². The van der Waals surface area contributed by atoms with Gasteiger partial charge in [-0.1, -0.05) is 18.2 Å². The van der Waals surface area contributed by atoms with E-state index in [1.807, 2.05) is 6.07 Å². The lowest BCUT2D eigenvalue weighted by Crippen LogP contribution is -2.11. The summed E-state index contributed by atoms with van der Waals surface area (Å²) in [7, 11) is 0. The van der Waals surface area contributed by atoms with Crippen LogP contribution in [0.4, 0.5) is 17.6 Å². The van der Waals surface area contributed by atoms with E-state index in [4.69, 9.17) is 5.73 Å². The fourth-order valence-electron chi connectivity index (χ4n) is 3.92. The molecule has 0 saturated heterocycles. The van der Waals surface area contributed by atoms with Crippen LogP contribution in [-0.4, -0.2) is 20.7 Å². The molecule has 0 unspecified atom stereocenters. The molecule has 5 nitrogen and oxygen atoms in total. The number of benzene rings is 2. The van der Waals surface area contributed by atoms with Crippen molar-refractivity contribution in [1.29, 1.82) is 0 Å². The normalized spacial score (nSPS) is 14.1. The van der Waals surface area contributed by atoms with Gasteiger partial charge in [0, 0.05) is 22.6 Å². The van der Waals surface area contributed by atoms with E-state index >= 15 is 0 Å². The van der Waals surface area contributed by atoms with Gasteiger partial charge >= 0.3 is 6.18 Å². The number of fused-ring (bicyclic) bond motifs is 1. The molecule has 5 rings (SSSR count). The van der Waals surface area contributed by atoms with Crippen LogP contribution in [0.3, 0.4) is 0 Å². The zero-order valence-corrected chi connectivity index (χ0v) is 17.2. The van der Waals surface area contributed by atoms with Gasteiger partial charge in [-0.3, -0.25) is 4.79 Å². The molecule has 0 radical (unpaired) electrons. The van der Waals surface area contributed by atoms with Gasteiger partial charge in [-0.2, -0.15) is 22.7 Å². The second-order valence-corrected chi connectivity index (χ2v) is 8.21. The van der Waals surface area contributed by atoms with Crippen molar-refractivity contribution in [2.75, 3.05) is 0 Å². The number of hydrogen-bond acceptors (Lipinski definition) is 3. The molecule has 1 fully saturated rings. The maximum Gasteiger partial charge on any atom is 0.435 e. The summed E-state index contributed by atoms with van der Waals surface area (Å²) in [6, 6.07) is 14.6. The predicted molar refractivity (Wildman–Crippen MR) is 114 cm³/mol. The van der Waals surface area contributed by atoms with Crippen molar-refractivity contribution in [2.45, 2.75) is 31.4 Å². The Bertz CT molecular complexity index is 1390. The first kappa shape index (κ1) is 21.1. The van der Waals surface area contributed by atoms with Crippen molar-refractivity contribution in [1.82, 2.24) is 14.8 Å². The Morgan fingerprint density at radius 3 is 2.52 bits per heavy atom. The minimum Gasteiger partial charge on any atom is -0.366 e. The van der Waals surface area contributed by atoms with Crippen LogP contribution >= 0.6 is 0 Å². The third-order valence-corrected chi connectivity index (χ3v) is 5.69. The topological polar surface area (TPSA) is 73.8 Å². The SMILES string of the molecule is NC(=O)c1cccc(Cc2ccc3nc(F)c(-n4nc(C(F)(F)F)cc4C4CC4)cc3c2)c1. The first-order valence-corrected chi connectivity index (χ1v) is 10.3. The summed E-state index contributed by atoms with van der Waals surface area (Å²) in [5, 5.41) is 4.24. The van der Waals surface area contributed by atoms with Gasteiger partial charge in [-0.05, 0) is 66.8 Å². The van der Waals surface area contributed by atoms with Crippen LogP contribution in [-0.2, 0) is 12.6 Å². The molecule has 1 aliphatic rings. The number of hydrogen-bond donors (Lipinski definition) is 1. The largest absolute Gasteiger partial charge is 0.435 e. The van der Waals surface area contributed by atoms with Crippen molar-refractivity contribution in [3.63, 3.8) is 0 Å². The smallest absolute Gasteiger partial charge is 0.366 e. The van der Waals surface area contributed by atoms with Crippen molar-refractivity contribution in [2.24, 2.45) is 5.73 Å². The van der Waals surface area contributed by atoms with Crippen LogP contribution < -0.4 is 5.73 Å². The van der Waals surface area contributed by atoms with Gasteiger partial charge in [0.05, 0.1) is 5.52 Å². The third-order valence-electron chi connectivity index (χ3n) is 5.69. The van der Waals surface area contributed by atoms with E-state index in [0.29, 0.717) is 28.6 Å². The van der Waals surface area contributed by atoms with Crippen LogP contribution in [0.15, 0.2) is 54.6 Å². The average molecular weight is 454 g/mol. The Morgan fingerprint density at radius 2 is 1.82 bits per heavy atom. The van der Waals surface area contributed by atoms with Gasteiger partial charge in [-0.25, -0.2) is 9.67 Å². The summed E-state index contributed by atoms with van der Waals surface area (Å²) in [6.07, 6.45) is -2.67. The van der Waals surface area contributed by atoms with E-state index in [-0.39, 0.29) is 11.6 Å². The van der Waals surface area contributed by atoms with E-state index in [1.54, 1.807) is 36.4 Å². The van der Waals surface area contributed by atoms with Crippen molar-refractivity contribution < 1.29 is 22.4 Å². The monoisotopic (exact) mass is 454 g/mol. The van der Waals surface area contributed by atoms with E-state index in [9.17, 15) is 22.4 Å². The molecular weight excluding hydrogens is 436 g/mol. The highest BCUT2D eigenvalue weighted by Gasteiger charge is 2.38. The van der Waals surface area contributed by atoms with Crippen LogP contribution in [0.25, 0.3) is 16.6 Å². The number of alkyl halides is 3. The molecule has 1 aliphatic carbocycles. The molecule has 0 atom stereocenters. The average Bonchev–Trinajstić information content (AvgIpc) is 3.50. The third kappa shape index (κ3) is 4.18. The summed E-state index contributed by atoms with van der Waals surface area (Å²) >= 11 is 0. The lowest BCUT2D eigenvalue weighted by molar-refractivity contribution is -0.141. The predicted octanol–water partition coefficient (Wildman–Crippen LogP) is 5.15. The number of halogens is 4. The van der Waals surface area contributed by atoms with E-state index < -0.39 is 23.7 Å². The Morgan fingerprint density at radius 1 is 1.06 bits per heavy atom. The highest BCUT2D eigenvalue weighted by molar-refractivity contribution is 5.92. The van der Waals surface area contributed by atoms with Gasteiger partial charge in [-0.15, -0.1) is 0 Å². The molecule has 33 heavy (non-hydrogen) atoms. The zero-order chi connectivity index (χ0) is 23.3. The zero-order valence-electron chi connectivity index (χ0n) is 17.2. The molecular formula is C24H18F4N4O. The summed E-state index contributed by atoms with van der Waals surface area (Å²) < 4.78 is 55.7. The van der Waals surface area contributed by atoms with Gasteiger partial charge < -0.3 is 5.73 Å². The number of carbonyl (C=O) groups is 1. The standard InChI is InChI=1S/C24H18F4N4O/c25-22-20(32-19(15-5-6-15)12-21(31-32)24(26,27)28)11-17-10-14(4-7-18(17)30-22)8-13-2-1-3-16(9-13)23(29)33/h1-4,7,9-12,15H,5-6,8H2,(H2,29,33). The molecule has 0 aliphatic heterocycles. The number of rotatable bonds is 5. The Kier molecular flexibility index (Phi) is 4.92. The molecule has 2 aromatic carbocycles. The van der Waals surface area contributed by atoms with Gasteiger partial charge in [0.25, 0.3) is 0 Å². The fraction of sp³-hybridized carbons (Fsp3) is 0.208. The maximum atomic E-state index is 14.8. The molecule has 2 heterocycles.